The minimum absolute atomic E-state index is 0.0736. The summed E-state index contributed by atoms with van der Waals surface area (Å²) in [6, 6.07) is 0.186. The van der Waals surface area contributed by atoms with Crippen LogP contribution in [0.2, 0.25) is 0 Å². The Hall–Kier alpha value is -1.37. The third kappa shape index (κ3) is 2.85. The lowest BCUT2D eigenvalue weighted by molar-refractivity contribution is -0.141. The van der Waals surface area contributed by atoms with Gasteiger partial charge in [0.1, 0.15) is 5.82 Å². The highest BCUT2D eigenvalue weighted by Crippen LogP contribution is 2.28. The topological polar surface area (TPSA) is 57.8 Å². The van der Waals surface area contributed by atoms with Crippen LogP contribution in [0.5, 0.6) is 0 Å². The molecule has 0 radical (unpaired) electrons. The number of nitrogens with zero attached hydrogens (tertiary/aromatic N) is 1. The highest BCUT2D eigenvalue weighted by Gasteiger charge is 2.34. The Morgan fingerprint density at radius 2 is 2.12 bits per heavy atom. The second-order valence-corrected chi connectivity index (χ2v) is 4.02. The van der Waals surface area contributed by atoms with Gasteiger partial charge in [-0.2, -0.15) is 13.2 Å². The zero-order chi connectivity index (χ0) is 12.5. The summed E-state index contributed by atoms with van der Waals surface area (Å²) < 4.78 is 37.4. The second kappa shape index (κ2) is 4.48. The van der Waals surface area contributed by atoms with E-state index in [1.165, 1.54) is 0 Å². The Bertz CT molecular complexity index is 449. The van der Waals surface area contributed by atoms with Gasteiger partial charge in [-0.05, 0) is 19.4 Å². The summed E-state index contributed by atoms with van der Waals surface area (Å²) in [5.41, 5.74) is -1.90. The average Bonchev–Trinajstić information content (AvgIpc) is 2.28. The van der Waals surface area contributed by atoms with Crippen LogP contribution in [0.3, 0.4) is 0 Å². The lowest BCUT2D eigenvalue weighted by Gasteiger charge is -2.22. The number of nitrogens with one attached hydrogen (secondary N) is 2. The van der Waals surface area contributed by atoms with Crippen LogP contribution in [-0.2, 0) is 6.18 Å². The summed E-state index contributed by atoms with van der Waals surface area (Å²) in [5.74, 6) is 0.0736. The van der Waals surface area contributed by atoms with Gasteiger partial charge in [0, 0.05) is 6.07 Å². The first-order valence-corrected chi connectivity index (χ1v) is 5.38. The summed E-state index contributed by atoms with van der Waals surface area (Å²) in [4.78, 5) is 17.0. The standard InChI is InChI=1S/C10H12F3N3O/c11-10(12,13)7-5-8(17)16-9(15-7)6-3-1-2-4-14-6/h5-6,14H,1-4H2,(H,15,16,17). The molecule has 1 aromatic heterocycles. The van der Waals surface area contributed by atoms with E-state index in [-0.39, 0.29) is 11.9 Å². The highest BCUT2D eigenvalue weighted by molar-refractivity contribution is 5.09. The number of rotatable bonds is 1. The molecule has 1 saturated heterocycles. The van der Waals surface area contributed by atoms with E-state index < -0.39 is 17.4 Å². The molecule has 0 spiro atoms. The molecule has 2 heterocycles. The Morgan fingerprint density at radius 1 is 1.35 bits per heavy atom. The van der Waals surface area contributed by atoms with E-state index in [1.54, 1.807) is 0 Å². The van der Waals surface area contributed by atoms with Gasteiger partial charge in [-0.1, -0.05) is 6.42 Å². The van der Waals surface area contributed by atoms with E-state index in [0.29, 0.717) is 12.5 Å². The van der Waals surface area contributed by atoms with Crippen LogP contribution in [0.4, 0.5) is 13.2 Å². The van der Waals surface area contributed by atoms with Crippen LogP contribution >= 0.6 is 0 Å². The molecule has 7 heteroatoms. The number of aromatic amines is 1. The number of aromatic nitrogens is 2. The molecule has 0 aliphatic carbocycles. The van der Waals surface area contributed by atoms with Crippen molar-refractivity contribution in [3.8, 4) is 0 Å². The van der Waals surface area contributed by atoms with E-state index in [9.17, 15) is 18.0 Å². The van der Waals surface area contributed by atoms with Crippen LogP contribution in [0.1, 0.15) is 36.8 Å². The Morgan fingerprint density at radius 3 is 2.71 bits per heavy atom. The second-order valence-electron chi connectivity index (χ2n) is 4.02. The molecule has 94 valence electrons. The molecule has 0 bridgehead atoms. The van der Waals surface area contributed by atoms with E-state index in [1.807, 2.05) is 0 Å². The average molecular weight is 247 g/mol. The van der Waals surface area contributed by atoms with Crippen LogP contribution in [0, 0.1) is 0 Å². The molecule has 4 nitrogen and oxygen atoms in total. The van der Waals surface area contributed by atoms with E-state index in [0.717, 1.165) is 19.4 Å². The summed E-state index contributed by atoms with van der Waals surface area (Å²) in [6.45, 7) is 0.727. The van der Waals surface area contributed by atoms with Crippen molar-refractivity contribution in [3.05, 3.63) is 27.9 Å². The molecule has 2 rings (SSSR count). The number of hydrogen-bond acceptors (Lipinski definition) is 3. The third-order valence-corrected chi connectivity index (χ3v) is 2.69. The fraction of sp³-hybridized carbons (Fsp3) is 0.600. The number of alkyl halides is 3. The summed E-state index contributed by atoms with van der Waals surface area (Å²) in [6.07, 6.45) is -2.00. The van der Waals surface area contributed by atoms with Gasteiger partial charge in [-0.15, -0.1) is 0 Å². The van der Waals surface area contributed by atoms with Crippen molar-refractivity contribution in [2.75, 3.05) is 6.54 Å². The van der Waals surface area contributed by atoms with Crippen molar-refractivity contribution in [1.82, 2.24) is 15.3 Å². The van der Waals surface area contributed by atoms with Gasteiger partial charge in [0.05, 0.1) is 6.04 Å². The largest absolute Gasteiger partial charge is 0.433 e. The minimum atomic E-state index is -4.59. The predicted molar refractivity (Wildman–Crippen MR) is 54.5 cm³/mol. The van der Waals surface area contributed by atoms with E-state index >= 15 is 0 Å². The smallest absolute Gasteiger partial charge is 0.309 e. The fourth-order valence-corrected chi connectivity index (χ4v) is 1.87. The van der Waals surface area contributed by atoms with Crippen molar-refractivity contribution in [1.29, 1.82) is 0 Å². The van der Waals surface area contributed by atoms with Crippen molar-refractivity contribution in [2.24, 2.45) is 0 Å². The summed E-state index contributed by atoms with van der Waals surface area (Å²) >= 11 is 0. The monoisotopic (exact) mass is 247 g/mol. The lowest BCUT2D eigenvalue weighted by Crippen LogP contribution is -2.31. The molecule has 1 unspecified atom stereocenters. The van der Waals surface area contributed by atoms with Gasteiger partial charge < -0.3 is 10.3 Å². The first kappa shape index (κ1) is 12.1. The van der Waals surface area contributed by atoms with E-state index in [4.69, 9.17) is 0 Å². The van der Waals surface area contributed by atoms with Gasteiger partial charge in [0.25, 0.3) is 5.56 Å². The third-order valence-electron chi connectivity index (χ3n) is 2.69. The molecule has 2 N–H and O–H groups in total. The van der Waals surface area contributed by atoms with Gasteiger partial charge in [0.2, 0.25) is 0 Å². The SMILES string of the molecule is O=c1cc(C(F)(F)F)nc(C2CCCCN2)[nH]1. The molecule has 1 aliphatic rings. The molecule has 0 saturated carbocycles. The van der Waals surface area contributed by atoms with Crippen molar-refractivity contribution < 1.29 is 13.2 Å². The lowest BCUT2D eigenvalue weighted by atomic mass is 10.0. The van der Waals surface area contributed by atoms with Gasteiger partial charge >= 0.3 is 6.18 Å². The van der Waals surface area contributed by atoms with Gasteiger partial charge in [-0.3, -0.25) is 4.79 Å². The van der Waals surface area contributed by atoms with Crippen LogP contribution in [0.25, 0.3) is 0 Å². The highest BCUT2D eigenvalue weighted by atomic mass is 19.4. The summed E-state index contributed by atoms with van der Waals surface area (Å²) in [7, 11) is 0. The quantitative estimate of drug-likeness (QED) is 0.792. The van der Waals surface area contributed by atoms with Crippen LogP contribution in [-0.4, -0.2) is 16.5 Å². The van der Waals surface area contributed by atoms with Crippen LogP contribution < -0.4 is 10.9 Å². The Kier molecular flexibility index (Phi) is 3.19. The number of hydrogen-bond donors (Lipinski definition) is 2. The maximum Gasteiger partial charge on any atom is 0.433 e. The molecule has 1 fully saturated rings. The van der Waals surface area contributed by atoms with Crippen molar-refractivity contribution in [3.63, 3.8) is 0 Å². The Labute approximate surface area is 95.3 Å². The molecular weight excluding hydrogens is 235 g/mol. The van der Waals surface area contributed by atoms with E-state index in [2.05, 4.69) is 15.3 Å². The molecule has 0 aromatic carbocycles. The maximum absolute atomic E-state index is 12.5. The zero-order valence-electron chi connectivity index (χ0n) is 8.97. The summed E-state index contributed by atoms with van der Waals surface area (Å²) in [5, 5.41) is 3.04. The zero-order valence-corrected chi connectivity index (χ0v) is 8.97. The van der Waals surface area contributed by atoms with Crippen LogP contribution in [0.15, 0.2) is 10.9 Å². The molecule has 1 atom stereocenters. The maximum atomic E-state index is 12.5. The number of H-pyrrole nitrogens is 1. The molecule has 17 heavy (non-hydrogen) atoms. The molecule has 1 aliphatic heterocycles. The molecular formula is C10H12F3N3O. The molecule has 0 amide bonds. The van der Waals surface area contributed by atoms with Crippen molar-refractivity contribution >= 4 is 0 Å². The van der Waals surface area contributed by atoms with Crippen molar-refractivity contribution in [2.45, 2.75) is 31.5 Å². The first-order valence-electron chi connectivity index (χ1n) is 5.38. The fourth-order valence-electron chi connectivity index (χ4n) is 1.87. The first-order chi connectivity index (χ1) is 7.97. The Balaban J connectivity index is 2.34. The van der Waals surface area contributed by atoms with Gasteiger partial charge in [0.15, 0.2) is 5.69 Å². The predicted octanol–water partition coefficient (Wildman–Crippen LogP) is 1.60. The molecule has 1 aromatic rings. The number of halogens is 3. The normalized spacial score (nSPS) is 21.5. The number of piperidine rings is 1. The van der Waals surface area contributed by atoms with Gasteiger partial charge in [-0.25, -0.2) is 4.98 Å². The minimum Gasteiger partial charge on any atom is -0.309 e.